The van der Waals surface area contributed by atoms with Crippen molar-refractivity contribution in [3.05, 3.63) is 0 Å². The maximum absolute atomic E-state index is 6.68. The molecule has 0 aromatic heterocycles. The summed E-state index contributed by atoms with van der Waals surface area (Å²) in [6.07, 6.45) is 4.21. The van der Waals surface area contributed by atoms with E-state index in [0.29, 0.717) is 0 Å². The van der Waals surface area contributed by atoms with E-state index < -0.39 is 39.8 Å². The third kappa shape index (κ3) is 16.8. The van der Waals surface area contributed by atoms with Crippen LogP contribution in [0.25, 0.3) is 0 Å². The van der Waals surface area contributed by atoms with Crippen LogP contribution in [-0.2, 0) is 12.3 Å². The SMILES string of the molecule is C[Si](C)(C)O[Si](CCCCCC[Si](Cl)(Cl)Cl)(O[Si](C)(C)C)O[Si](C)(C)C. The molecule has 3 nitrogen and oxygen atoms in total. The Balaban J connectivity index is 5.04. The van der Waals surface area contributed by atoms with E-state index in [1.807, 2.05) is 0 Å². The first-order chi connectivity index (χ1) is 11.3. The van der Waals surface area contributed by atoms with E-state index in [1.54, 1.807) is 0 Å². The van der Waals surface area contributed by atoms with Gasteiger partial charge in [-0.05, 0) is 71.4 Å². The standard InChI is InChI=1S/C15H39Cl3O3Si5/c1-22(2,3)19-26(20-23(4,5)6,21-24(7,8)9)15-13-11-10-12-14-25(16,17)18/h10-15H2,1-9H3. The minimum absolute atomic E-state index is 0.739. The summed E-state index contributed by atoms with van der Waals surface area (Å²) in [4.78, 5) is 0. The Labute approximate surface area is 181 Å². The molecule has 0 aliphatic carbocycles. The second kappa shape index (κ2) is 10.7. The van der Waals surface area contributed by atoms with Gasteiger partial charge in [-0.25, -0.2) is 0 Å². The van der Waals surface area contributed by atoms with E-state index in [0.717, 1.165) is 37.8 Å². The maximum atomic E-state index is 6.68. The van der Waals surface area contributed by atoms with Gasteiger partial charge in [0.05, 0.1) is 0 Å². The van der Waals surface area contributed by atoms with Gasteiger partial charge in [-0.2, -0.15) is 0 Å². The molecule has 0 unspecified atom stereocenters. The smallest absolute Gasteiger partial charge is 0.417 e. The first-order valence-corrected chi connectivity index (χ1v) is 26.9. The summed E-state index contributed by atoms with van der Waals surface area (Å²) >= 11 is 17.9. The van der Waals surface area contributed by atoms with Crippen molar-refractivity contribution >= 4 is 73.0 Å². The van der Waals surface area contributed by atoms with Crippen molar-refractivity contribution in [3.63, 3.8) is 0 Å². The van der Waals surface area contributed by atoms with Gasteiger partial charge in [-0.1, -0.05) is 19.3 Å². The van der Waals surface area contributed by atoms with Crippen LogP contribution in [0.5, 0.6) is 0 Å². The molecule has 11 heteroatoms. The summed E-state index contributed by atoms with van der Waals surface area (Å²) in [6.45, 7) is 20.0. The van der Waals surface area contributed by atoms with Crippen LogP contribution >= 0.6 is 33.2 Å². The number of rotatable bonds is 13. The number of halogens is 3. The molecule has 0 bridgehead atoms. The van der Waals surface area contributed by atoms with Gasteiger partial charge >= 0.3 is 14.8 Å². The van der Waals surface area contributed by atoms with E-state index in [9.17, 15) is 0 Å². The van der Waals surface area contributed by atoms with Gasteiger partial charge in [-0.15, -0.1) is 33.2 Å². The molecule has 0 aromatic rings. The van der Waals surface area contributed by atoms with E-state index in [2.05, 4.69) is 58.9 Å². The lowest BCUT2D eigenvalue weighted by Crippen LogP contribution is -2.60. The highest BCUT2D eigenvalue weighted by molar-refractivity contribution is 7.64. The monoisotopic (exact) mass is 512 g/mol. The molecule has 0 fully saturated rings. The summed E-state index contributed by atoms with van der Waals surface area (Å²) < 4.78 is 20.1. The molecule has 0 amide bonds. The Morgan fingerprint density at radius 2 is 0.808 bits per heavy atom. The molecule has 0 rings (SSSR count). The Bertz CT molecular complexity index is 374. The highest BCUT2D eigenvalue weighted by atomic mass is 35.8. The predicted octanol–water partition coefficient (Wildman–Crippen LogP) is 7.70. The summed E-state index contributed by atoms with van der Waals surface area (Å²) in [6, 6.07) is -0.843. The zero-order valence-corrected chi connectivity index (χ0v) is 25.4. The summed E-state index contributed by atoms with van der Waals surface area (Å²) in [5, 5.41) is 0. The van der Waals surface area contributed by atoms with Crippen LogP contribution in [0.1, 0.15) is 25.7 Å². The molecule has 0 spiro atoms. The number of unbranched alkanes of at least 4 members (excludes halogenated alkanes) is 3. The van der Waals surface area contributed by atoms with E-state index in [4.69, 9.17) is 45.6 Å². The fraction of sp³-hybridized carbons (Fsp3) is 1.00. The van der Waals surface area contributed by atoms with Crippen molar-refractivity contribution in [2.75, 3.05) is 0 Å². The van der Waals surface area contributed by atoms with Gasteiger partial charge in [0.15, 0.2) is 25.0 Å². The topological polar surface area (TPSA) is 27.7 Å². The molecule has 0 heterocycles. The van der Waals surface area contributed by atoms with Crippen LogP contribution in [0, 0.1) is 0 Å². The Kier molecular flexibility index (Phi) is 11.5. The van der Waals surface area contributed by atoms with Crippen molar-refractivity contribution in [3.8, 4) is 0 Å². The molecule has 0 aliphatic heterocycles. The number of hydrogen-bond acceptors (Lipinski definition) is 3. The summed E-state index contributed by atoms with van der Waals surface area (Å²) in [5.74, 6) is 0. The largest absolute Gasteiger partial charge is 0.469 e. The maximum Gasteiger partial charge on any atom is 0.469 e. The van der Waals surface area contributed by atoms with Crippen LogP contribution in [0.3, 0.4) is 0 Å². The molecule has 0 radical (unpaired) electrons. The Morgan fingerprint density at radius 1 is 0.500 bits per heavy atom. The lowest BCUT2D eigenvalue weighted by atomic mass is 10.2. The minimum atomic E-state index is -2.68. The predicted molar refractivity (Wildman–Crippen MR) is 130 cm³/mol. The van der Waals surface area contributed by atoms with Crippen LogP contribution < -0.4 is 0 Å². The van der Waals surface area contributed by atoms with Gasteiger partial charge in [0.25, 0.3) is 0 Å². The highest BCUT2D eigenvalue weighted by Gasteiger charge is 2.49. The van der Waals surface area contributed by atoms with Crippen molar-refractivity contribution in [2.24, 2.45) is 0 Å². The van der Waals surface area contributed by atoms with Gasteiger partial charge in [0.1, 0.15) is 0 Å². The van der Waals surface area contributed by atoms with Crippen molar-refractivity contribution < 1.29 is 12.3 Å². The lowest BCUT2D eigenvalue weighted by Gasteiger charge is -2.43. The fourth-order valence-corrected chi connectivity index (χ4v) is 19.2. The Morgan fingerprint density at radius 3 is 1.08 bits per heavy atom. The molecule has 0 saturated carbocycles. The van der Waals surface area contributed by atoms with E-state index in [-0.39, 0.29) is 0 Å². The Hall–Kier alpha value is 1.83. The second-order valence-corrected chi connectivity index (χ2v) is 36.1. The third-order valence-electron chi connectivity index (χ3n) is 3.08. The summed E-state index contributed by atoms with van der Waals surface area (Å²) in [7, 11) is -8.03. The van der Waals surface area contributed by atoms with E-state index >= 15 is 0 Å². The zero-order valence-electron chi connectivity index (χ0n) is 18.1. The average Bonchev–Trinajstić information content (AvgIpc) is 2.24. The van der Waals surface area contributed by atoms with Crippen molar-refractivity contribution in [1.29, 1.82) is 0 Å². The quantitative estimate of drug-likeness (QED) is 0.143. The lowest BCUT2D eigenvalue weighted by molar-refractivity contribution is 0.250. The van der Waals surface area contributed by atoms with Gasteiger partial charge < -0.3 is 12.3 Å². The molecule has 26 heavy (non-hydrogen) atoms. The molecule has 158 valence electrons. The van der Waals surface area contributed by atoms with Gasteiger partial charge in [0.2, 0.25) is 0 Å². The molecule has 0 saturated heterocycles. The first-order valence-electron chi connectivity index (χ1n) is 9.50. The minimum Gasteiger partial charge on any atom is -0.417 e. The molecular formula is C15H39Cl3O3Si5. The summed E-state index contributed by atoms with van der Waals surface area (Å²) in [5.41, 5.74) is 0. The van der Waals surface area contributed by atoms with Crippen LogP contribution in [0.2, 0.25) is 71.0 Å². The zero-order chi connectivity index (χ0) is 20.9. The third-order valence-corrected chi connectivity index (χ3v) is 17.7. The van der Waals surface area contributed by atoms with E-state index in [1.165, 1.54) is 0 Å². The molecular weight excluding hydrogens is 475 g/mol. The normalized spacial score (nSPS) is 14.8. The van der Waals surface area contributed by atoms with Crippen LogP contribution in [-0.4, -0.2) is 39.8 Å². The molecule has 0 atom stereocenters. The van der Waals surface area contributed by atoms with Gasteiger partial charge in [-0.3, -0.25) is 0 Å². The fourth-order valence-electron chi connectivity index (χ4n) is 2.64. The molecule has 0 aromatic carbocycles. The van der Waals surface area contributed by atoms with Gasteiger partial charge in [0, 0.05) is 6.04 Å². The molecule has 0 N–H and O–H groups in total. The van der Waals surface area contributed by atoms with Crippen molar-refractivity contribution in [1.82, 2.24) is 0 Å². The molecule has 0 aliphatic rings. The van der Waals surface area contributed by atoms with Crippen molar-refractivity contribution in [2.45, 2.75) is 96.7 Å². The average molecular weight is 514 g/mol. The van der Waals surface area contributed by atoms with Crippen LogP contribution in [0.4, 0.5) is 0 Å². The second-order valence-electron chi connectivity index (χ2n) is 9.86. The highest BCUT2D eigenvalue weighted by Crippen LogP contribution is 2.31. The van der Waals surface area contributed by atoms with Crippen LogP contribution in [0.15, 0.2) is 0 Å². The first kappa shape index (κ1) is 27.8. The number of hydrogen-bond donors (Lipinski definition) is 0.